The number of halogens is 1. The Balaban J connectivity index is 2.29. The molecule has 0 N–H and O–H groups in total. The number of nitrogens with zero attached hydrogens (tertiary/aromatic N) is 1. The Labute approximate surface area is 117 Å². The molecule has 0 unspecified atom stereocenters. The van der Waals surface area contributed by atoms with E-state index in [4.69, 9.17) is 0 Å². The van der Waals surface area contributed by atoms with E-state index in [1.54, 1.807) is 0 Å². The third-order valence-corrected chi connectivity index (χ3v) is 3.94. The number of carbonyl (C=O) groups excluding carboxylic acids is 1. The molecule has 0 fully saturated rings. The van der Waals surface area contributed by atoms with Gasteiger partial charge in [0.2, 0.25) is 5.91 Å². The molecule has 0 aromatic heterocycles. The van der Waals surface area contributed by atoms with Gasteiger partial charge in [0.05, 0.1) is 6.42 Å². The molecule has 0 aliphatic carbocycles. The number of allylic oxidation sites excluding steroid dienone is 1. The molecule has 0 saturated heterocycles. The van der Waals surface area contributed by atoms with Crippen molar-refractivity contribution in [1.82, 2.24) is 0 Å². The third-order valence-electron chi connectivity index (χ3n) is 3.20. The molecule has 1 aromatic carbocycles. The highest BCUT2D eigenvalue weighted by Crippen LogP contribution is 2.35. The van der Waals surface area contributed by atoms with Crippen LogP contribution in [0, 0.1) is 6.92 Å². The van der Waals surface area contributed by atoms with Gasteiger partial charge in [-0.3, -0.25) is 9.69 Å². The smallest absolute Gasteiger partial charge is 0.236 e. The van der Waals surface area contributed by atoms with E-state index < -0.39 is 0 Å². The van der Waals surface area contributed by atoms with Crippen LogP contribution in [0.5, 0.6) is 0 Å². The zero-order valence-electron chi connectivity index (χ0n) is 10.9. The van der Waals surface area contributed by atoms with E-state index in [1.165, 1.54) is 5.56 Å². The fourth-order valence-electron chi connectivity index (χ4n) is 2.17. The Morgan fingerprint density at radius 1 is 1.28 bits per heavy atom. The van der Waals surface area contributed by atoms with Gasteiger partial charge < -0.3 is 0 Å². The Hall–Kier alpha value is -1.09. The zero-order valence-corrected chi connectivity index (χ0v) is 12.5. The van der Waals surface area contributed by atoms with Crippen molar-refractivity contribution in [3.8, 4) is 0 Å². The molecule has 0 radical (unpaired) electrons. The fraction of sp³-hybridized carbons (Fsp3) is 0.400. The SMILES string of the molecule is CCCCC1=C(Br)CC(=O)N1c1ccc(C)cc1. The molecule has 1 aliphatic rings. The summed E-state index contributed by atoms with van der Waals surface area (Å²) in [6, 6.07) is 8.13. The fourth-order valence-corrected chi connectivity index (χ4v) is 2.79. The second kappa shape index (κ2) is 5.70. The average molecular weight is 308 g/mol. The number of benzene rings is 1. The van der Waals surface area contributed by atoms with Crippen molar-refractivity contribution < 1.29 is 4.79 Å². The molecule has 96 valence electrons. The Morgan fingerprint density at radius 3 is 2.56 bits per heavy atom. The first-order valence-electron chi connectivity index (χ1n) is 6.40. The van der Waals surface area contributed by atoms with Crippen molar-refractivity contribution in [2.75, 3.05) is 4.90 Å². The van der Waals surface area contributed by atoms with E-state index >= 15 is 0 Å². The summed E-state index contributed by atoms with van der Waals surface area (Å²) in [7, 11) is 0. The quantitative estimate of drug-likeness (QED) is 0.800. The predicted molar refractivity (Wildman–Crippen MR) is 78.8 cm³/mol. The van der Waals surface area contributed by atoms with Gasteiger partial charge in [-0.25, -0.2) is 0 Å². The van der Waals surface area contributed by atoms with Gasteiger partial charge in [-0.1, -0.05) is 47.0 Å². The molecule has 0 spiro atoms. The number of hydrogen-bond acceptors (Lipinski definition) is 1. The van der Waals surface area contributed by atoms with Crippen LogP contribution in [0.4, 0.5) is 5.69 Å². The molecule has 0 bridgehead atoms. The predicted octanol–water partition coefficient (Wildman–Crippen LogP) is 4.53. The highest BCUT2D eigenvalue weighted by atomic mass is 79.9. The largest absolute Gasteiger partial charge is 0.284 e. The minimum atomic E-state index is 0.164. The minimum absolute atomic E-state index is 0.164. The minimum Gasteiger partial charge on any atom is -0.284 e. The molecule has 1 aliphatic heterocycles. The maximum absolute atomic E-state index is 12.1. The monoisotopic (exact) mass is 307 g/mol. The Bertz CT molecular complexity index is 476. The second-order valence-corrected chi connectivity index (χ2v) is 5.65. The van der Waals surface area contributed by atoms with Crippen molar-refractivity contribution in [1.29, 1.82) is 0 Å². The van der Waals surface area contributed by atoms with Crippen LogP contribution in [0.1, 0.15) is 38.2 Å². The van der Waals surface area contributed by atoms with Gasteiger partial charge in [-0.05, 0) is 31.9 Å². The van der Waals surface area contributed by atoms with Crippen LogP contribution in [0.3, 0.4) is 0 Å². The van der Waals surface area contributed by atoms with Crippen LogP contribution in [-0.4, -0.2) is 5.91 Å². The van der Waals surface area contributed by atoms with E-state index in [-0.39, 0.29) is 5.91 Å². The zero-order chi connectivity index (χ0) is 13.1. The van der Waals surface area contributed by atoms with Crippen LogP contribution < -0.4 is 4.90 Å². The summed E-state index contributed by atoms with van der Waals surface area (Å²) in [6.45, 7) is 4.22. The molecule has 1 aromatic rings. The lowest BCUT2D eigenvalue weighted by atomic mass is 10.1. The third kappa shape index (κ3) is 2.66. The van der Waals surface area contributed by atoms with Crippen molar-refractivity contribution >= 4 is 27.5 Å². The first-order valence-corrected chi connectivity index (χ1v) is 7.20. The topological polar surface area (TPSA) is 20.3 Å². The van der Waals surface area contributed by atoms with Crippen LogP contribution in [0.15, 0.2) is 34.4 Å². The molecule has 18 heavy (non-hydrogen) atoms. The molecule has 2 rings (SSSR count). The number of unbranched alkanes of at least 4 members (excludes halogenated alkanes) is 1. The first kappa shape index (κ1) is 13.3. The molecule has 3 heteroatoms. The number of aryl methyl sites for hydroxylation is 1. The number of amides is 1. The number of rotatable bonds is 4. The summed E-state index contributed by atoms with van der Waals surface area (Å²) < 4.78 is 1.04. The standard InChI is InChI=1S/C15H18BrNO/c1-3-4-5-14-13(16)10-15(18)17(14)12-8-6-11(2)7-9-12/h6-9H,3-5,10H2,1-2H3. The van der Waals surface area contributed by atoms with Crippen molar-refractivity contribution in [3.63, 3.8) is 0 Å². The van der Waals surface area contributed by atoms with E-state index in [2.05, 4.69) is 29.8 Å². The molecular formula is C15H18BrNO. The Kier molecular flexibility index (Phi) is 4.23. The summed E-state index contributed by atoms with van der Waals surface area (Å²) in [4.78, 5) is 14.0. The maximum atomic E-state index is 12.1. The summed E-state index contributed by atoms with van der Waals surface area (Å²) in [5, 5.41) is 0. The summed E-state index contributed by atoms with van der Waals surface area (Å²) in [5.41, 5.74) is 3.32. The lowest BCUT2D eigenvalue weighted by molar-refractivity contribution is -0.116. The van der Waals surface area contributed by atoms with Crippen molar-refractivity contribution in [3.05, 3.63) is 40.0 Å². The molecule has 0 atom stereocenters. The normalized spacial score (nSPS) is 15.7. The van der Waals surface area contributed by atoms with Gasteiger partial charge in [0, 0.05) is 15.9 Å². The van der Waals surface area contributed by atoms with E-state index in [0.29, 0.717) is 6.42 Å². The van der Waals surface area contributed by atoms with Crippen LogP contribution in [0.2, 0.25) is 0 Å². The lowest BCUT2D eigenvalue weighted by Gasteiger charge is -2.21. The highest BCUT2D eigenvalue weighted by Gasteiger charge is 2.29. The molecule has 1 amide bonds. The van der Waals surface area contributed by atoms with E-state index in [0.717, 1.165) is 35.1 Å². The first-order chi connectivity index (χ1) is 8.63. The summed E-state index contributed by atoms with van der Waals surface area (Å²) in [6.07, 6.45) is 3.70. The van der Waals surface area contributed by atoms with Crippen molar-refractivity contribution in [2.24, 2.45) is 0 Å². The second-order valence-electron chi connectivity index (χ2n) is 4.70. The molecule has 2 nitrogen and oxygen atoms in total. The van der Waals surface area contributed by atoms with Gasteiger partial charge in [-0.15, -0.1) is 0 Å². The van der Waals surface area contributed by atoms with Crippen LogP contribution in [-0.2, 0) is 4.79 Å². The van der Waals surface area contributed by atoms with Crippen LogP contribution in [0.25, 0.3) is 0 Å². The van der Waals surface area contributed by atoms with Gasteiger partial charge in [0.25, 0.3) is 0 Å². The lowest BCUT2D eigenvalue weighted by Crippen LogP contribution is -2.24. The molecule has 0 saturated carbocycles. The van der Waals surface area contributed by atoms with Gasteiger partial charge in [0.1, 0.15) is 0 Å². The number of anilines is 1. The number of hydrogen-bond donors (Lipinski definition) is 0. The highest BCUT2D eigenvalue weighted by molar-refractivity contribution is 9.11. The van der Waals surface area contributed by atoms with Gasteiger partial charge >= 0.3 is 0 Å². The summed E-state index contributed by atoms with van der Waals surface area (Å²) in [5.74, 6) is 0.164. The Morgan fingerprint density at radius 2 is 1.94 bits per heavy atom. The maximum Gasteiger partial charge on any atom is 0.236 e. The van der Waals surface area contributed by atoms with Gasteiger partial charge in [0.15, 0.2) is 0 Å². The van der Waals surface area contributed by atoms with Crippen molar-refractivity contribution in [2.45, 2.75) is 39.5 Å². The van der Waals surface area contributed by atoms with E-state index in [1.807, 2.05) is 29.2 Å². The van der Waals surface area contributed by atoms with Gasteiger partial charge in [-0.2, -0.15) is 0 Å². The summed E-state index contributed by atoms with van der Waals surface area (Å²) >= 11 is 3.54. The van der Waals surface area contributed by atoms with E-state index in [9.17, 15) is 4.79 Å². The number of carbonyl (C=O) groups is 1. The van der Waals surface area contributed by atoms with Crippen LogP contribution >= 0.6 is 15.9 Å². The molecule has 1 heterocycles. The average Bonchev–Trinajstić information content (AvgIpc) is 2.62. The molecular weight excluding hydrogens is 290 g/mol.